The van der Waals surface area contributed by atoms with Gasteiger partial charge in [0.05, 0.1) is 11.8 Å². The van der Waals surface area contributed by atoms with Crippen LogP contribution in [0.4, 0.5) is 0 Å². The number of amides is 2. The molecule has 1 aliphatic heterocycles. The summed E-state index contributed by atoms with van der Waals surface area (Å²) in [6.45, 7) is 7.34. The molecule has 2 bridgehead atoms. The van der Waals surface area contributed by atoms with Crippen molar-refractivity contribution in [2.75, 3.05) is 26.7 Å². The van der Waals surface area contributed by atoms with Gasteiger partial charge in [0.2, 0.25) is 11.8 Å². The Bertz CT molecular complexity index is 1470. The molecular weight excluding hydrogens is 520 g/mol. The van der Waals surface area contributed by atoms with Gasteiger partial charge in [0.25, 0.3) is 0 Å². The van der Waals surface area contributed by atoms with Gasteiger partial charge in [-0.25, -0.2) is 0 Å². The number of nitrogens with zero attached hydrogens (tertiary/aromatic N) is 4. The van der Waals surface area contributed by atoms with Gasteiger partial charge in [-0.2, -0.15) is 0 Å². The predicted molar refractivity (Wildman–Crippen MR) is 155 cm³/mol. The molecule has 2 amide bonds. The van der Waals surface area contributed by atoms with Crippen molar-refractivity contribution >= 4 is 22.8 Å². The van der Waals surface area contributed by atoms with Crippen LogP contribution in [0.5, 0.6) is 5.75 Å². The second-order valence-electron chi connectivity index (χ2n) is 13.5. The van der Waals surface area contributed by atoms with Crippen LogP contribution in [0.1, 0.15) is 58.6 Å². The van der Waals surface area contributed by atoms with Crippen LogP contribution in [0, 0.1) is 5.41 Å². The van der Waals surface area contributed by atoms with Gasteiger partial charge in [-0.05, 0) is 62.4 Å². The number of aliphatic hydroxyl groups excluding tert-OH is 1. The SMILES string of the molecule is CN(CCC(=O)N[C@H](C(=O)N1CC[C@@H](O)C1)C(C)(C)C)C12CC(c3cc4cc(-c5ccccc5O)nnc4[nH]3)(C1)C2. The number of β-amino-alcohol motifs (C(OH)–C–C–N with tert-alkyl or cyclic N) is 1. The Morgan fingerprint density at radius 3 is 2.59 bits per heavy atom. The standard InChI is InChI=1S/C31H40N6O4/c1-29(2,3)26(28(41)37-12-9-20(38)15-37)33-25(40)10-11-36(4)31-16-30(17-31,18-31)24-14-19-13-22(34-35-27(19)32-24)21-7-5-6-8-23(21)39/h5-8,13-14,20,26,38-39H,9-12,15-18H2,1-4H3,(H,32,35)(H,33,40)/t20-,26-,30?,31?/m1/s1. The fraction of sp³-hybridized carbons (Fsp3) is 0.548. The number of carbonyl (C=O) groups excluding carboxylic acids is 2. The number of aromatic amines is 1. The van der Waals surface area contributed by atoms with Crippen molar-refractivity contribution in [1.29, 1.82) is 0 Å². The van der Waals surface area contributed by atoms with E-state index >= 15 is 0 Å². The maximum absolute atomic E-state index is 13.1. The molecule has 2 atom stereocenters. The first-order valence-corrected chi connectivity index (χ1v) is 14.5. The maximum Gasteiger partial charge on any atom is 0.245 e. The fourth-order valence-corrected chi connectivity index (χ4v) is 6.98. The average Bonchev–Trinajstić information content (AvgIpc) is 3.49. The minimum atomic E-state index is -0.625. The van der Waals surface area contributed by atoms with Crippen LogP contribution in [-0.2, 0) is 15.0 Å². The Morgan fingerprint density at radius 1 is 1.20 bits per heavy atom. The summed E-state index contributed by atoms with van der Waals surface area (Å²) >= 11 is 0. The summed E-state index contributed by atoms with van der Waals surface area (Å²) in [4.78, 5) is 33.6. The molecule has 3 aromatic rings. The van der Waals surface area contributed by atoms with E-state index in [2.05, 4.69) is 38.5 Å². The van der Waals surface area contributed by atoms with Crippen molar-refractivity contribution in [1.82, 2.24) is 30.3 Å². The summed E-state index contributed by atoms with van der Waals surface area (Å²) in [6, 6.07) is 10.6. The maximum atomic E-state index is 13.1. The summed E-state index contributed by atoms with van der Waals surface area (Å²) in [5, 5.41) is 32.7. The number of carbonyl (C=O) groups is 2. The van der Waals surface area contributed by atoms with Gasteiger partial charge in [0.15, 0.2) is 5.65 Å². The molecule has 4 N–H and O–H groups in total. The number of hydrogen-bond acceptors (Lipinski definition) is 7. The molecule has 3 aliphatic carbocycles. The Morgan fingerprint density at radius 2 is 1.93 bits per heavy atom. The highest BCUT2D eigenvalue weighted by Crippen LogP contribution is 2.70. The van der Waals surface area contributed by atoms with Crippen molar-refractivity contribution in [3.63, 3.8) is 0 Å². The Hall–Kier alpha value is -3.50. The van der Waals surface area contributed by atoms with Gasteiger partial charge in [-0.15, -0.1) is 10.2 Å². The monoisotopic (exact) mass is 560 g/mol. The third kappa shape index (κ3) is 4.86. The smallest absolute Gasteiger partial charge is 0.245 e. The summed E-state index contributed by atoms with van der Waals surface area (Å²) in [7, 11) is 2.09. The number of likely N-dealkylation sites (tertiary alicyclic amines) is 1. The molecule has 7 rings (SSSR count). The first-order chi connectivity index (χ1) is 19.4. The normalized spacial score (nSPS) is 26.1. The lowest BCUT2D eigenvalue weighted by atomic mass is 9.38. The number of aliphatic hydroxyl groups is 1. The lowest BCUT2D eigenvalue weighted by Gasteiger charge is -2.73. The van der Waals surface area contributed by atoms with Crippen molar-refractivity contribution in [2.45, 2.75) is 76.0 Å². The molecule has 1 aromatic carbocycles. The second-order valence-corrected chi connectivity index (χ2v) is 13.5. The van der Waals surface area contributed by atoms with Crippen LogP contribution in [0.15, 0.2) is 36.4 Å². The van der Waals surface area contributed by atoms with Crippen LogP contribution < -0.4 is 5.32 Å². The number of H-pyrrole nitrogens is 1. The third-order valence-electron chi connectivity index (χ3n) is 9.51. The van der Waals surface area contributed by atoms with Gasteiger partial charge >= 0.3 is 0 Å². The number of phenols is 1. The number of hydrogen-bond donors (Lipinski definition) is 4. The van der Waals surface area contributed by atoms with Crippen LogP contribution in [0.3, 0.4) is 0 Å². The third-order valence-corrected chi connectivity index (χ3v) is 9.51. The molecular formula is C31H40N6O4. The van der Waals surface area contributed by atoms with Crippen LogP contribution >= 0.6 is 0 Å². The number of aromatic hydroxyl groups is 1. The van der Waals surface area contributed by atoms with E-state index in [4.69, 9.17) is 0 Å². The minimum absolute atomic E-state index is 0.0924. The van der Waals surface area contributed by atoms with Crippen molar-refractivity contribution in [3.05, 3.63) is 42.1 Å². The number of fused-ring (bicyclic) bond motifs is 1. The largest absolute Gasteiger partial charge is 0.507 e. The van der Waals surface area contributed by atoms with E-state index in [-0.39, 0.29) is 28.5 Å². The molecule has 10 nitrogen and oxygen atoms in total. The van der Waals surface area contributed by atoms with Crippen molar-refractivity contribution in [2.24, 2.45) is 5.41 Å². The van der Waals surface area contributed by atoms with Gasteiger partial charge < -0.3 is 30.3 Å². The van der Waals surface area contributed by atoms with Crippen LogP contribution in [0.25, 0.3) is 22.3 Å². The van der Waals surface area contributed by atoms with E-state index in [9.17, 15) is 19.8 Å². The van der Waals surface area contributed by atoms with Crippen molar-refractivity contribution in [3.8, 4) is 17.0 Å². The molecule has 4 aliphatic rings. The molecule has 218 valence electrons. The number of benzene rings is 1. The van der Waals surface area contributed by atoms with E-state index in [1.165, 1.54) is 5.69 Å². The molecule has 3 heterocycles. The molecule has 1 saturated heterocycles. The quantitative estimate of drug-likeness (QED) is 0.333. The predicted octanol–water partition coefficient (Wildman–Crippen LogP) is 2.95. The van der Waals surface area contributed by atoms with Gasteiger partial charge in [0, 0.05) is 53.7 Å². The first kappa shape index (κ1) is 27.7. The molecule has 2 aromatic heterocycles. The number of phenolic OH excluding ortho intramolecular Hbond substituents is 1. The number of rotatable bonds is 8. The summed E-state index contributed by atoms with van der Waals surface area (Å²) < 4.78 is 0. The van der Waals surface area contributed by atoms with Crippen LogP contribution in [0.2, 0.25) is 0 Å². The Kier molecular flexibility index (Phi) is 6.61. The molecule has 10 heteroatoms. The second kappa shape index (κ2) is 9.80. The van der Waals surface area contributed by atoms with Gasteiger partial charge in [-0.3, -0.25) is 9.59 Å². The molecule has 0 spiro atoms. The highest BCUT2D eigenvalue weighted by atomic mass is 16.3. The van der Waals surface area contributed by atoms with Gasteiger partial charge in [0.1, 0.15) is 11.8 Å². The van der Waals surface area contributed by atoms with Gasteiger partial charge in [-0.1, -0.05) is 32.9 Å². The van der Waals surface area contributed by atoms with E-state index in [0.29, 0.717) is 43.7 Å². The Balaban J connectivity index is 1.05. The number of nitrogens with one attached hydrogen (secondary N) is 2. The zero-order valence-electron chi connectivity index (χ0n) is 24.3. The van der Waals surface area contributed by atoms with Crippen molar-refractivity contribution < 1.29 is 19.8 Å². The molecule has 3 saturated carbocycles. The number of para-hydroxylation sites is 1. The first-order valence-electron chi connectivity index (χ1n) is 14.5. The summed E-state index contributed by atoms with van der Waals surface area (Å²) in [6.07, 6.45) is 3.47. The van der Waals surface area contributed by atoms with Crippen LogP contribution in [-0.4, -0.2) is 91.4 Å². The molecule has 4 fully saturated rings. The lowest BCUT2D eigenvalue weighted by Crippen LogP contribution is -2.76. The lowest BCUT2D eigenvalue weighted by molar-refractivity contribution is -0.163. The number of aromatic nitrogens is 3. The molecule has 0 unspecified atom stereocenters. The highest BCUT2D eigenvalue weighted by molar-refractivity contribution is 5.88. The fourth-order valence-electron chi connectivity index (χ4n) is 6.98. The zero-order chi connectivity index (χ0) is 29.2. The Labute approximate surface area is 240 Å². The zero-order valence-corrected chi connectivity index (χ0v) is 24.3. The van der Waals surface area contributed by atoms with E-state index < -0.39 is 17.6 Å². The highest BCUT2D eigenvalue weighted by Gasteiger charge is 2.70. The van der Waals surface area contributed by atoms with E-state index in [0.717, 1.165) is 30.3 Å². The van der Waals surface area contributed by atoms with E-state index in [1.807, 2.05) is 39.0 Å². The molecule has 41 heavy (non-hydrogen) atoms. The minimum Gasteiger partial charge on any atom is -0.507 e. The molecule has 0 radical (unpaired) electrons. The average molecular weight is 561 g/mol. The summed E-state index contributed by atoms with van der Waals surface area (Å²) in [5.74, 6) is -0.0598. The topological polar surface area (TPSA) is 135 Å². The summed E-state index contributed by atoms with van der Waals surface area (Å²) in [5.41, 5.74) is 2.97. The van der Waals surface area contributed by atoms with E-state index in [1.54, 1.807) is 17.0 Å².